The largest absolute Gasteiger partial charge is 0.323 e. The maximum atomic E-state index is 11.4. The molecule has 0 bridgehead atoms. The Balaban J connectivity index is 1.71. The van der Waals surface area contributed by atoms with E-state index in [0.29, 0.717) is 10.8 Å². The van der Waals surface area contributed by atoms with Crippen molar-refractivity contribution in [1.82, 2.24) is 19.4 Å². The standard InChI is InChI=1S/C18H15N5OS/c1-11-17(23-8-4-3-5-16(23)20-11)14-6-7-19-18(22-14)21-13-9-15(12(2)24)25-10-13/h3-10H,1-2H3,(H,19,21,22). The van der Waals surface area contributed by atoms with Gasteiger partial charge in [-0.3, -0.25) is 9.20 Å². The molecule has 0 spiro atoms. The Morgan fingerprint density at radius 1 is 1.24 bits per heavy atom. The van der Waals surface area contributed by atoms with E-state index in [2.05, 4.69) is 20.3 Å². The molecule has 0 aliphatic heterocycles. The monoisotopic (exact) mass is 349 g/mol. The molecular formula is C18H15N5OS. The fourth-order valence-electron chi connectivity index (χ4n) is 2.69. The number of thiophene rings is 1. The summed E-state index contributed by atoms with van der Waals surface area (Å²) in [7, 11) is 0. The molecule has 0 radical (unpaired) electrons. The van der Waals surface area contributed by atoms with Crippen LogP contribution in [0.1, 0.15) is 22.3 Å². The van der Waals surface area contributed by atoms with E-state index in [9.17, 15) is 4.79 Å². The maximum Gasteiger partial charge on any atom is 0.227 e. The Morgan fingerprint density at radius 2 is 2.12 bits per heavy atom. The lowest BCUT2D eigenvalue weighted by Gasteiger charge is -2.06. The van der Waals surface area contributed by atoms with Gasteiger partial charge in [0, 0.05) is 17.8 Å². The van der Waals surface area contributed by atoms with Gasteiger partial charge in [0.1, 0.15) is 5.65 Å². The SMILES string of the molecule is CC(=O)c1cc(Nc2nccc(-c3c(C)nc4ccccn34)n2)cs1. The minimum Gasteiger partial charge on any atom is -0.323 e. The van der Waals surface area contributed by atoms with Crippen molar-refractivity contribution in [3.63, 3.8) is 0 Å². The first kappa shape index (κ1) is 15.5. The number of Topliss-reactive ketones (excluding diaryl/α,β-unsaturated/α-hetero) is 1. The van der Waals surface area contributed by atoms with E-state index in [4.69, 9.17) is 0 Å². The van der Waals surface area contributed by atoms with Gasteiger partial charge >= 0.3 is 0 Å². The van der Waals surface area contributed by atoms with Crippen LogP contribution >= 0.6 is 11.3 Å². The highest BCUT2D eigenvalue weighted by Gasteiger charge is 2.13. The van der Waals surface area contributed by atoms with Crippen LogP contribution in [0.4, 0.5) is 11.6 Å². The number of fused-ring (bicyclic) bond motifs is 1. The predicted molar refractivity (Wildman–Crippen MR) is 98.6 cm³/mol. The number of ketones is 1. The summed E-state index contributed by atoms with van der Waals surface area (Å²) in [5.41, 5.74) is 4.33. The summed E-state index contributed by atoms with van der Waals surface area (Å²) >= 11 is 1.40. The highest BCUT2D eigenvalue weighted by molar-refractivity contribution is 7.12. The molecule has 4 aromatic rings. The number of carbonyl (C=O) groups excluding carboxylic acids is 1. The summed E-state index contributed by atoms with van der Waals surface area (Å²) in [4.78, 5) is 25.6. The first-order valence-electron chi connectivity index (χ1n) is 7.75. The number of hydrogen-bond acceptors (Lipinski definition) is 6. The van der Waals surface area contributed by atoms with Crippen LogP contribution in [0, 0.1) is 6.92 Å². The molecule has 0 unspecified atom stereocenters. The summed E-state index contributed by atoms with van der Waals surface area (Å²) < 4.78 is 2.01. The van der Waals surface area contributed by atoms with Crippen LogP contribution in [0.25, 0.3) is 17.0 Å². The normalized spacial score (nSPS) is 11.0. The Labute approximate surface area is 148 Å². The lowest BCUT2D eigenvalue weighted by atomic mass is 10.2. The van der Waals surface area contributed by atoms with Crippen molar-refractivity contribution in [1.29, 1.82) is 0 Å². The molecule has 0 atom stereocenters. The van der Waals surface area contributed by atoms with Crippen molar-refractivity contribution in [2.45, 2.75) is 13.8 Å². The fourth-order valence-corrected chi connectivity index (χ4v) is 3.43. The molecule has 7 heteroatoms. The van der Waals surface area contributed by atoms with Gasteiger partial charge in [-0.1, -0.05) is 6.07 Å². The molecule has 6 nitrogen and oxygen atoms in total. The van der Waals surface area contributed by atoms with Crippen LogP contribution < -0.4 is 5.32 Å². The summed E-state index contributed by atoms with van der Waals surface area (Å²) in [5, 5.41) is 5.04. The number of aromatic nitrogens is 4. The van der Waals surface area contributed by atoms with E-state index >= 15 is 0 Å². The smallest absolute Gasteiger partial charge is 0.227 e. The van der Waals surface area contributed by atoms with Crippen LogP contribution in [-0.2, 0) is 0 Å². The minimum absolute atomic E-state index is 0.0501. The number of imidazole rings is 1. The van der Waals surface area contributed by atoms with Gasteiger partial charge in [-0.25, -0.2) is 15.0 Å². The number of rotatable bonds is 4. The van der Waals surface area contributed by atoms with Gasteiger partial charge in [-0.2, -0.15) is 0 Å². The van der Waals surface area contributed by atoms with Crippen LogP contribution in [0.15, 0.2) is 48.1 Å². The second-order valence-electron chi connectivity index (χ2n) is 5.62. The molecule has 0 amide bonds. The molecular weight excluding hydrogens is 334 g/mol. The number of nitrogens with zero attached hydrogens (tertiary/aromatic N) is 4. The Bertz CT molecular complexity index is 1080. The van der Waals surface area contributed by atoms with E-state index in [0.717, 1.165) is 28.4 Å². The molecule has 0 aromatic carbocycles. The van der Waals surface area contributed by atoms with Gasteiger partial charge in [0.2, 0.25) is 5.95 Å². The highest BCUT2D eigenvalue weighted by Crippen LogP contribution is 2.26. The molecule has 1 N–H and O–H groups in total. The molecule has 4 rings (SSSR count). The van der Waals surface area contributed by atoms with Gasteiger partial charge in [0.25, 0.3) is 0 Å². The van der Waals surface area contributed by atoms with Crippen molar-refractivity contribution in [3.05, 3.63) is 58.7 Å². The number of aryl methyl sites for hydroxylation is 1. The second-order valence-corrected chi connectivity index (χ2v) is 6.53. The number of nitrogens with one attached hydrogen (secondary N) is 1. The van der Waals surface area contributed by atoms with E-state index in [1.54, 1.807) is 13.1 Å². The van der Waals surface area contributed by atoms with E-state index in [-0.39, 0.29) is 5.78 Å². The average molecular weight is 349 g/mol. The number of pyridine rings is 1. The van der Waals surface area contributed by atoms with Crippen LogP contribution in [0.2, 0.25) is 0 Å². The third-order valence-electron chi connectivity index (χ3n) is 3.81. The zero-order valence-corrected chi connectivity index (χ0v) is 14.5. The predicted octanol–water partition coefficient (Wildman–Crippen LogP) is 4.11. The van der Waals surface area contributed by atoms with Crippen LogP contribution in [-0.4, -0.2) is 25.1 Å². The van der Waals surface area contributed by atoms with E-state index in [1.807, 2.05) is 53.2 Å². The molecule has 25 heavy (non-hydrogen) atoms. The molecule has 0 fully saturated rings. The molecule has 0 saturated carbocycles. The number of carbonyl (C=O) groups is 1. The Kier molecular flexibility index (Phi) is 3.77. The van der Waals surface area contributed by atoms with E-state index in [1.165, 1.54) is 11.3 Å². The molecule has 4 aromatic heterocycles. The first-order chi connectivity index (χ1) is 12.1. The summed E-state index contributed by atoms with van der Waals surface area (Å²) in [5.74, 6) is 0.532. The van der Waals surface area contributed by atoms with Crippen LogP contribution in [0.5, 0.6) is 0 Å². The lowest BCUT2D eigenvalue weighted by molar-refractivity contribution is 0.102. The highest BCUT2D eigenvalue weighted by atomic mass is 32.1. The zero-order chi connectivity index (χ0) is 17.4. The Morgan fingerprint density at radius 3 is 2.92 bits per heavy atom. The van der Waals surface area contributed by atoms with Crippen molar-refractivity contribution in [2.24, 2.45) is 0 Å². The zero-order valence-electron chi connectivity index (χ0n) is 13.7. The topological polar surface area (TPSA) is 72.2 Å². The van der Waals surface area contributed by atoms with Gasteiger partial charge < -0.3 is 5.32 Å². The molecule has 0 aliphatic carbocycles. The van der Waals surface area contributed by atoms with Crippen molar-refractivity contribution in [3.8, 4) is 11.4 Å². The third kappa shape index (κ3) is 2.89. The van der Waals surface area contributed by atoms with Gasteiger partial charge in [-0.15, -0.1) is 11.3 Å². The third-order valence-corrected chi connectivity index (χ3v) is 4.84. The van der Waals surface area contributed by atoms with Crippen LogP contribution in [0.3, 0.4) is 0 Å². The summed E-state index contributed by atoms with van der Waals surface area (Å²) in [6, 6.07) is 9.56. The lowest BCUT2D eigenvalue weighted by Crippen LogP contribution is -1.99. The van der Waals surface area contributed by atoms with Crippen molar-refractivity contribution in [2.75, 3.05) is 5.32 Å². The summed E-state index contributed by atoms with van der Waals surface area (Å²) in [6.45, 7) is 3.52. The van der Waals surface area contributed by atoms with Gasteiger partial charge in [0.15, 0.2) is 5.78 Å². The van der Waals surface area contributed by atoms with Gasteiger partial charge in [0.05, 0.1) is 27.6 Å². The average Bonchev–Trinajstić information content (AvgIpc) is 3.18. The number of hydrogen-bond donors (Lipinski definition) is 1. The quantitative estimate of drug-likeness (QED) is 0.561. The fraction of sp³-hybridized carbons (Fsp3) is 0.111. The van der Waals surface area contributed by atoms with Crippen molar-refractivity contribution >= 4 is 34.4 Å². The summed E-state index contributed by atoms with van der Waals surface area (Å²) in [6.07, 6.45) is 3.68. The molecule has 0 saturated heterocycles. The maximum absolute atomic E-state index is 11.4. The second kappa shape index (κ2) is 6.10. The Hall–Kier alpha value is -3.06. The molecule has 0 aliphatic rings. The minimum atomic E-state index is 0.0501. The first-order valence-corrected chi connectivity index (χ1v) is 8.63. The molecule has 124 valence electrons. The van der Waals surface area contributed by atoms with E-state index < -0.39 is 0 Å². The molecule has 4 heterocycles. The van der Waals surface area contributed by atoms with Crippen molar-refractivity contribution < 1.29 is 4.79 Å². The van der Waals surface area contributed by atoms with Gasteiger partial charge in [-0.05, 0) is 38.1 Å². The number of anilines is 2.